The molecule has 0 aliphatic carbocycles. The van der Waals surface area contributed by atoms with Gasteiger partial charge in [0, 0.05) is 25.1 Å². The molecular weight excluding hydrogens is 408 g/mol. The average Bonchev–Trinajstić information content (AvgIpc) is 3.16. The number of amides is 2. The second kappa shape index (κ2) is 8.46. The number of carbonyl (C=O) groups excluding carboxylic acids is 2. The van der Waals surface area contributed by atoms with Crippen molar-refractivity contribution in [2.24, 2.45) is 0 Å². The lowest BCUT2D eigenvalue weighted by atomic mass is 10.2. The highest BCUT2D eigenvalue weighted by Gasteiger charge is 2.29. The fourth-order valence-corrected chi connectivity index (χ4v) is 4.18. The van der Waals surface area contributed by atoms with Gasteiger partial charge in [-0.2, -0.15) is 0 Å². The van der Waals surface area contributed by atoms with E-state index in [1.54, 1.807) is 11.3 Å². The number of hydrogen-bond donors (Lipinski definition) is 1. The van der Waals surface area contributed by atoms with Crippen LogP contribution in [-0.4, -0.2) is 41.4 Å². The molecule has 2 heterocycles. The molecule has 0 bridgehead atoms. The van der Waals surface area contributed by atoms with Gasteiger partial charge in [0.05, 0.1) is 25.8 Å². The van der Waals surface area contributed by atoms with Gasteiger partial charge in [-0.15, -0.1) is 11.3 Å². The summed E-state index contributed by atoms with van der Waals surface area (Å²) in [6, 6.07) is 11.9. The number of nitrogens with one attached hydrogen (secondary N) is 1. The van der Waals surface area contributed by atoms with Crippen LogP contribution < -0.4 is 15.0 Å². The maximum absolute atomic E-state index is 12.3. The molecule has 3 aromatic rings. The molecule has 0 fully saturated rings. The number of aryl methyl sites for hydroxylation is 1. The molecule has 0 spiro atoms. The van der Waals surface area contributed by atoms with E-state index in [-0.39, 0.29) is 30.4 Å². The number of hydrogen-bond acceptors (Lipinski definition) is 7. The van der Waals surface area contributed by atoms with E-state index in [0.717, 1.165) is 21.6 Å². The maximum Gasteiger partial charge on any atom is 0.271 e. The minimum absolute atomic E-state index is 0.173. The Hall–Kier alpha value is -3.53. The Morgan fingerprint density at radius 1 is 1.30 bits per heavy atom. The molecule has 1 aliphatic rings. The highest BCUT2D eigenvalue weighted by Crippen LogP contribution is 2.35. The number of rotatable bonds is 7. The van der Waals surface area contributed by atoms with Crippen LogP contribution in [0.1, 0.15) is 11.4 Å². The topological polar surface area (TPSA) is 115 Å². The zero-order valence-electron chi connectivity index (χ0n) is 15.9. The Labute approximate surface area is 175 Å². The number of anilines is 1. The van der Waals surface area contributed by atoms with Gasteiger partial charge in [0.15, 0.2) is 6.61 Å². The number of non-ortho nitro benzene ring substituents is 1. The van der Waals surface area contributed by atoms with Gasteiger partial charge in [-0.05, 0) is 24.6 Å². The van der Waals surface area contributed by atoms with Gasteiger partial charge in [0.25, 0.3) is 11.6 Å². The smallest absolute Gasteiger partial charge is 0.271 e. The second-order valence-electron chi connectivity index (χ2n) is 6.71. The van der Waals surface area contributed by atoms with E-state index >= 15 is 0 Å². The average molecular weight is 426 g/mol. The number of fused-ring (bicyclic) bond motifs is 2. The molecule has 1 N–H and O–H groups in total. The summed E-state index contributed by atoms with van der Waals surface area (Å²) in [7, 11) is 0. The van der Waals surface area contributed by atoms with Crippen LogP contribution in [0.3, 0.4) is 0 Å². The van der Waals surface area contributed by atoms with Crippen LogP contribution in [0.25, 0.3) is 10.2 Å². The molecule has 1 aliphatic heterocycles. The number of para-hydroxylation sites is 1. The second-order valence-corrected chi connectivity index (χ2v) is 7.82. The Morgan fingerprint density at radius 2 is 2.13 bits per heavy atom. The lowest BCUT2D eigenvalue weighted by Crippen LogP contribution is -2.45. The number of nitro groups is 1. The summed E-state index contributed by atoms with van der Waals surface area (Å²) in [5.41, 5.74) is 1.03. The van der Waals surface area contributed by atoms with Gasteiger partial charge >= 0.3 is 0 Å². The van der Waals surface area contributed by atoms with Gasteiger partial charge in [0.1, 0.15) is 12.3 Å². The molecule has 2 aromatic carbocycles. The fourth-order valence-electron chi connectivity index (χ4n) is 3.17. The quantitative estimate of drug-likeness (QED) is 0.353. The number of nitro benzene ring substituents is 1. The van der Waals surface area contributed by atoms with E-state index in [1.807, 2.05) is 24.3 Å². The lowest BCUT2D eigenvalue weighted by molar-refractivity contribution is -0.384. The first-order valence-corrected chi connectivity index (χ1v) is 10.2. The Balaban J connectivity index is 1.33. The standard InChI is InChI=1S/C20H18N4O5S/c25-18(21-9-3-6-19-22-14-4-1-2-5-17(14)30-19)11-23-15-10-13(24(27)28)7-8-16(15)29-12-20(23)26/h1-2,4-5,7-8,10H,3,6,9,11-12H2,(H,21,25). The van der Waals surface area contributed by atoms with Gasteiger partial charge in [-0.1, -0.05) is 12.1 Å². The third kappa shape index (κ3) is 4.23. The highest BCUT2D eigenvalue weighted by molar-refractivity contribution is 7.18. The summed E-state index contributed by atoms with van der Waals surface area (Å²) >= 11 is 1.64. The predicted molar refractivity (Wildman–Crippen MR) is 112 cm³/mol. The highest BCUT2D eigenvalue weighted by atomic mass is 32.1. The van der Waals surface area contributed by atoms with E-state index in [2.05, 4.69) is 10.3 Å². The van der Waals surface area contributed by atoms with Gasteiger partial charge < -0.3 is 10.1 Å². The van der Waals surface area contributed by atoms with Crippen molar-refractivity contribution in [2.75, 3.05) is 24.6 Å². The predicted octanol–water partition coefficient (Wildman–Crippen LogP) is 2.68. The normalized spacial score (nSPS) is 13.1. The number of carbonyl (C=O) groups is 2. The number of nitrogens with zero attached hydrogens (tertiary/aromatic N) is 3. The van der Waals surface area contributed by atoms with Crippen LogP contribution >= 0.6 is 11.3 Å². The maximum atomic E-state index is 12.3. The summed E-state index contributed by atoms with van der Waals surface area (Å²) < 4.78 is 6.44. The molecule has 0 radical (unpaired) electrons. The first-order chi connectivity index (χ1) is 14.5. The van der Waals surface area contributed by atoms with Crippen LogP contribution in [-0.2, 0) is 16.0 Å². The SMILES string of the molecule is O=C(CN1C(=O)COc2ccc([N+](=O)[O-])cc21)NCCCc1nc2ccccc2s1. The summed E-state index contributed by atoms with van der Waals surface area (Å²) in [6.07, 6.45) is 1.45. The Kier molecular flexibility index (Phi) is 5.57. The van der Waals surface area contributed by atoms with Crippen LogP contribution in [0.4, 0.5) is 11.4 Å². The molecule has 154 valence electrons. The number of benzene rings is 2. The Bertz CT molecular complexity index is 1100. The zero-order valence-corrected chi connectivity index (χ0v) is 16.7. The molecule has 0 atom stereocenters. The van der Waals surface area contributed by atoms with Gasteiger partial charge in [-0.25, -0.2) is 4.98 Å². The third-order valence-corrected chi connectivity index (χ3v) is 5.72. The molecule has 30 heavy (non-hydrogen) atoms. The molecule has 0 unspecified atom stereocenters. The number of ether oxygens (including phenoxy) is 1. The molecule has 4 rings (SSSR count). The zero-order chi connectivity index (χ0) is 21.1. The molecule has 10 heteroatoms. The lowest BCUT2D eigenvalue weighted by Gasteiger charge is -2.28. The summed E-state index contributed by atoms with van der Waals surface area (Å²) in [5, 5.41) is 14.8. The molecule has 1 aromatic heterocycles. The van der Waals surface area contributed by atoms with Crippen LogP contribution in [0.5, 0.6) is 5.75 Å². The van der Waals surface area contributed by atoms with Crippen LogP contribution in [0.15, 0.2) is 42.5 Å². The van der Waals surface area contributed by atoms with Gasteiger partial charge in [-0.3, -0.25) is 24.6 Å². The van der Waals surface area contributed by atoms with E-state index < -0.39 is 10.8 Å². The summed E-state index contributed by atoms with van der Waals surface area (Å²) in [6.45, 7) is 0.00226. The molecule has 0 saturated heterocycles. The van der Waals surface area contributed by atoms with Crippen LogP contribution in [0.2, 0.25) is 0 Å². The fraction of sp³-hybridized carbons (Fsp3) is 0.250. The first-order valence-electron chi connectivity index (χ1n) is 9.34. The summed E-state index contributed by atoms with van der Waals surface area (Å²) in [4.78, 5) is 40.8. The third-order valence-electron chi connectivity index (χ3n) is 4.63. The van der Waals surface area contributed by atoms with E-state index in [0.29, 0.717) is 18.7 Å². The van der Waals surface area contributed by atoms with Crippen molar-refractivity contribution >= 4 is 44.7 Å². The van der Waals surface area contributed by atoms with Crippen molar-refractivity contribution in [2.45, 2.75) is 12.8 Å². The van der Waals surface area contributed by atoms with E-state index in [4.69, 9.17) is 4.74 Å². The number of aromatic nitrogens is 1. The van der Waals surface area contributed by atoms with E-state index in [9.17, 15) is 19.7 Å². The van der Waals surface area contributed by atoms with Crippen molar-refractivity contribution in [1.82, 2.24) is 10.3 Å². The van der Waals surface area contributed by atoms with Crippen molar-refractivity contribution in [3.8, 4) is 5.75 Å². The van der Waals surface area contributed by atoms with Crippen molar-refractivity contribution in [3.63, 3.8) is 0 Å². The molecule has 2 amide bonds. The molecule has 9 nitrogen and oxygen atoms in total. The minimum atomic E-state index is -0.556. The van der Waals surface area contributed by atoms with Crippen LogP contribution in [0, 0.1) is 10.1 Å². The van der Waals surface area contributed by atoms with Gasteiger partial charge in [0.2, 0.25) is 5.91 Å². The van der Waals surface area contributed by atoms with E-state index in [1.165, 1.54) is 23.1 Å². The van der Waals surface area contributed by atoms with Crippen molar-refractivity contribution < 1.29 is 19.2 Å². The minimum Gasteiger partial charge on any atom is -0.482 e. The molecular formula is C20H18N4O5S. The summed E-state index contributed by atoms with van der Waals surface area (Å²) in [5.74, 6) is -0.427. The number of thiazole rings is 1. The molecule has 0 saturated carbocycles. The van der Waals surface area contributed by atoms with Crippen molar-refractivity contribution in [3.05, 3.63) is 57.6 Å². The first kappa shape index (κ1) is 19.8. The largest absolute Gasteiger partial charge is 0.482 e. The Morgan fingerprint density at radius 3 is 2.93 bits per heavy atom. The van der Waals surface area contributed by atoms with Crippen molar-refractivity contribution in [1.29, 1.82) is 0 Å². The monoisotopic (exact) mass is 426 g/mol.